The summed E-state index contributed by atoms with van der Waals surface area (Å²) in [4.78, 5) is 2.36. The van der Waals surface area contributed by atoms with E-state index in [9.17, 15) is 5.11 Å². The van der Waals surface area contributed by atoms with Crippen molar-refractivity contribution in [3.8, 4) is 0 Å². The van der Waals surface area contributed by atoms with Gasteiger partial charge in [-0.25, -0.2) is 0 Å². The first-order valence-electron chi connectivity index (χ1n) is 7.32. The van der Waals surface area contributed by atoms with E-state index in [4.69, 9.17) is 11.1 Å². The third kappa shape index (κ3) is 4.05. The van der Waals surface area contributed by atoms with Crippen LogP contribution in [0.2, 0.25) is 0 Å². The number of hydrogen-bond acceptors (Lipinski definition) is 3. The summed E-state index contributed by atoms with van der Waals surface area (Å²) in [5.74, 6) is 0.217. The fraction of sp³-hybridized carbons (Fsp3) is 0.562. The molecule has 0 aliphatic carbocycles. The lowest BCUT2D eigenvalue weighted by Gasteiger charge is -2.31. The molecular formula is C16H25N3O. The normalized spacial score (nSPS) is 25.9. The number of hydrogen-bond donors (Lipinski definition) is 3. The lowest BCUT2D eigenvalue weighted by Crippen LogP contribution is -2.34. The third-order valence-corrected chi connectivity index (χ3v) is 4.14. The molecule has 0 bridgehead atoms. The van der Waals surface area contributed by atoms with Crippen molar-refractivity contribution < 1.29 is 5.11 Å². The molecule has 1 saturated heterocycles. The van der Waals surface area contributed by atoms with Crippen molar-refractivity contribution in [2.45, 2.75) is 44.2 Å². The number of rotatable bonds is 4. The molecule has 110 valence electrons. The first-order chi connectivity index (χ1) is 9.48. The highest BCUT2D eigenvalue weighted by Gasteiger charge is 2.29. The zero-order valence-electron chi connectivity index (χ0n) is 12.2. The molecule has 2 rings (SSSR count). The smallest absolute Gasteiger partial charge is 0.0924 e. The van der Waals surface area contributed by atoms with E-state index in [1.165, 1.54) is 5.56 Å². The van der Waals surface area contributed by atoms with E-state index in [0.29, 0.717) is 6.42 Å². The first-order valence-corrected chi connectivity index (χ1v) is 7.32. The van der Waals surface area contributed by atoms with E-state index >= 15 is 0 Å². The number of amidine groups is 1. The Labute approximate surface area is 121 Å². The average Bonchev–Trinajstić information content (AvgIpc) is 2.58. The van der Waals surface area contributed by atoms with Gasteiger partial charge in [0.2, 0.25) is 0 Å². The minimum atomic E-state index is -0.563. The molecule has 2 unspecified atom stereocenters. The molecule has 1 aliphatic heterocycles. The Hall–Kier alpha value is -1.39. The van der Waals surface area contributed by atoms with Gasteiger partial charge in [0.15, 0.2) is 0 Å². The minimum Gasteiger partial charge on any atom is -0.390 e. The van der Waals surface area contributed by atoms with Gasteiger partial charge in [-0.05, 0) is 38.3 Å². The van der Waals surface area contributed by atoms with E-state index < -0.39 is 5.60 Å². The Balaban J connectivity index is 2.16. The van der Waals surface area contributed by atoms with Crippen molar-refractivity contribution >= 4 is 5.84 Å². The molecule has 1 aromatic carbocycles. The molecule has 1 heterocycles. The molecule has 2 atom stereocenters. The maximum absolute atomic E-state index is 10.2. The van der Waals surface area contributed by atoms with E-state index in [1.54, 1.807) is 0 Å². The Bertz CT molecular complexity index is 444. The van der Waals surface area contributed by atoms with Gasteiger partial charge < -0.3 is 10.8 Å². The number of likely N-dealkylation sites (tertiary alicyclic amines) is 1. The maximum atomic E-state index is 10.2. The molecular weight excluding hydrogens is 250 g/mol. The topological polar surface area (TPSA) is 73.3 Å². The summed E-state index contributed by atoms with van der Waals surface area (Å²) in [5.41, 5.74) is 6.27. The second-order valence-electron chi connectivity index (χ2n) is 6.04. The van der Waals surface area contributed by atoms with E-state index in [1.807, 2.05) is 25.1 Å². The Morgan fingerprint density at radius 1 is 1.35 bits per heavy atom. The molecule has 1 aromatic rings. The summed E-state index contributed by atoms with van der Waals surface area (Å²) in [5, 5.41) is 17.8. The molecule has 0 radical (unpaired) electrons. The summed E-state index contributed by atoms with van der Waals surface area (Å²) in [7, 11) is 0. The van der Waals surface area contributed by atoms with Crippen molar-refractivity contribution in [1.29, 1.82) is 5.41 Å². The summed E-state index contributed by atoms with van der Waals surface area (Å²) in [6.45, 7) is 3.71. The Morgan fingerprint density at radius 3 is 2.70 bits per heavy atom. The van der Waals surface area contributed by atoms with Gasteiger partial charge in [-0.15, -0.1) is 0 Å². The fourth-order valence-corrected chi connectivity index (χ4v) is 2.94. The van der Waals surface area contributed by atoms with Crippen LogP contribution in [0.5, 0.6) is 0 Å². The van der Waals surface area contributed by atoms with Gasteiger partial charge in [0.05, 0.1) is 11.4 Å². The highest BCUT2D eigenvalue weighted by molar-refractivity contribution is 5.77. The van der Waals surface area contributed by atoms with Gasteiger partial charge in [-0.1, -0.05) is 30.3 Å². The second kappa shape index (κ2) is 6.37. The lowest BCUT2D eigenvalue weighted by atomic mass is 9.98. The zero-order valence-corrected chi connectivity index (χ0v) is 12.2. The first kappa shape index (κ1) is 15.0. The van der Waals surface area contributed by atoms with Gasteiger partial charge >= 0.3 is 0 Å². The molecule has 0 aromatic heterocycles. The van der Waals surface area contributed by atoms with Crippen LogP contribution in [0, 0.1) is 5.41 Å². The van der Waals surface area contributed by atoms with Crippen molar-refractivity contribution in [3.63, 3.8) is 0 Å². The fourth-order valence-electron chi connectivity index (χ4n) is 2.94. The predicted molar refractivity (Wildman–Crippen MR) is 81.8 cm³/mol. The van der Waals surface area contributed by atoms with Crippen LogP contribution in [0.4, 0.5) is 0 Å². The summed E-state index contributed by atoms with van der Waals surface area (Å²) in [6, 6.07) is 10.4. The van der Waals surface area contributed by atoms with Gasteiger partial charge in [0.1, 0.15) is 0 Å². The summed E-state index contributed by atoms with van der Waals surface area (Å²) in [6.07, 6.45) is 3.14. The van der Waals surface area contributed by atoms with Crippen molar-refractivity contribution in [2.24, 2.45) is 5.73 Å². The van der Waals surface area contributed by atoms with Crippen LogP contribution in [0.3, 0.4) is 0 Å². The molecule has 20 heavy (non-hydrogen) atoms. The summed E-state index contributed by atoms with van der Waals surface area (Å²) < 4.78 is 0. The maximum Gasteiger partial charge on any atom is 0.0924 e. The van der Waals surface area contributed by atoms with Gasteiger partial charge in [-0.2, -0.15) is 0 Å². The van der Waals surface area contributed by atoms with E-state index in [2.05, 4.69) is 17.0 Å². The van der Waals surface area contributed by atoms with Crippen molar-refractivity contribution in [3.05, 3.63) is 35.9 Å². The van der Waals surface area contributed by atoms with Crippen LogP contribution in [0.1, 0.15) is 44.2 Å². The van der Waals surface area contributed by atoms with Crippen LogP contribution in [-0.2, 0) is 0 Å². The number of nitrogens with two attached hydrogens (primary N) is 1. The monoisotopic (exact) mass is 275 g/mol. The highest BCUT2D eigenvalue weighted by Crippen LogP contribution is 2.29. The Morgan fingerprint density at radius 2 is 2.05 bits per heavy atom. The Kier molecular flexibility index (Phi) is 4.78. The summed E-state index contributed by atoms with van der Waals surface area (Å²) >= 11 is 0. The molecule has 1 fully saturated rings. The number of nitrogens with zero attached hydrogens (tertiary/aromatic N) is 1. The van der Waals surface area contributed by atoms with Crippen LogP contribution in [0.25, 0.3) is 0 Å². The van der Waals surface area contributed by atoms with Crippen LogP contribution < -0.4 is 5.73 Å². The SMILES string of the molecule is CC1(O)CCCN(C(CC(=N)N)c2ccccc2)CC1. The number of nitrogens with one attached hydrogen (secondary N) is 1. The molecule has 0 spiro atoms. The highest BCUT2D eigenvalue weighted by atomic mass is 16.3. The molecule has 4 nitrogen and oxygen atoms in total. The standard InChI is InChI=1S/C16H25N3O/c1-16(20)8-5-10-19(11-9-16)14(12-15(17)18)13-6-3-2-4-7-13/h2-4,6-7,14,20H,5,8-12H2,1H3,(H3,17,18). The lowest BCUT2D eigenvalue weighted by molar-refractivity contribution is 0.0431. The largest absolute Gasteiger partial charge is 0.390 e. The van der Waals surface area contributed by atoms with Crippen LogP contribution in [0.15, 0.2) is 30.3 Å². The molecule has 4 N–H and O–H groups in total. The number of benzene rings is 1. The van der Waals surface area contributed by atoms with Crippen molar-refractivity contribution in [2.75, 3.05) is 13.1 Å². The average molecular weight is 275 g/mol. The van der Waals surface area contributed by atoms with Gasteiger partial charge in [0.25, 0.3) is 0 Å². The van der Waals surface area contributed by atoms with E-state index in [0.717, 1.165) is 32.4 Å². The molecule has 0 saturated carbocycles. The van der Waals surface area contributed by atoms with Crippen molar-refractivity contribution in [1.82, 2.24) is 4.90 Å². The number of aliphatic hydroxyl groups is 1. The van der Waals surface area contributed by atoms with Gasteiger partial charge in [0, 0.05) is 19.0 Å². The molecule has 4 heteroatoms. The minimum absolute atomic E-state index is 0.141. The quantitative estimate of drug-likeness (QED) is 0.583. The van der Waals surface area contributed by atoms with E-state index in [-0.39, 0.29) is 11.9 Å². The van der Waals surface area contributed by atoms with Crippen LogP contribution >= 0.6 is 0 Å². The molecule has 0 amide bonds. The van der Waals surface area contributed by atoms with Gasteiger partial charge in [-0.3, -0.25) is 10.3 Å². The zero-order chi connectivity index (χ0) is 14.6. The molecule has 1 aliphatic rings. The second-order valence-corrected chi connectivity index (χ2v) is 6.04. The third-order valence-electron chi connectivity index (χ3n) is 4.14. The predicted octanol–water partition coefficient (Wildman–Crippen LogP) is 2.29. The van der Waals surface area contributed by atoms with Crippen LogP contribution in [-0.4, -0.2) is 34.5 Å².